The van der Waals surface area contributed by atoms with Gasteiger partial charge in [-0.25, -0.2) is 9.98 Å². The maximum absolute atomic E-state index is 4.91. The zero-order chi connectivity index (χ0) is 17.6. The van der Waals surface area contributed by atoms with E-state index in [-0.39, 0.29) is 0 Å². The molecular weight excluding hydrogens is 344 g/mol. The van der Waals surface area contributed by atoms with Crippen LogP contribution in [-0.4, -0.2) is 10.0 Å². The van der Waals surface area contributed by atoms with Gasteiger partial charge in [0, 0.05) is 6.20 Å². The third-order valence-electron chi connectivity index (χ3n) is 3.87. The number of pyridine rings is 1. The first kappa shape index (κ1) is 18.0. The molecule has 2 aromatic rings. The van der Waals surface area contributed by atoms with E-state index in [9.17, 15) is 0 Å². The molecule has 25 heavy (non-hydrogen) atoms. The Labute approximate surface area is 158 Å². The molecule has 0 spiro atoms. The molecule has 2 nitrogen and oxygen atoms in total. The van der Waals surface area contributed by atoms with Gasteiger partial charge in [0.1, 0.15) is 10.1 Å². The molecule has 0 radical (unpaired) electrons. The molecule has 0 N–H and O–H groups in total. The fraction of sp³-hybridized carbons (Fsp3) is 0.238. The number of aryl methyl sites for hydroxylation is 1. The fourth-order valence-corrected chi connectivity index (χ4v) is 4.50. The number of allylic oxidation sites excluding steroid dienone is 2. The number of aromatic nitrogens is 1. The molecule has 128 valence electrons. The molecule has 1 aromatic carbocycles. The van der Waals surface area contributed by atoms with Gasteiger partial charge >= 0.3 is 0 Å². The van der Waals surface area contributed by atoms with Crippen molar-refractivity contribution in [3.8, 4) is 0 Å². The van der Waals surface area contributed by atoms with Crippen LogP contribution in [0.1, 0.15) is 32.3 Å². The lowest BCUT2D eigenvalue weighted by atomic mass is 10.1. The van der Waals surface area contributed by atoms with Crippen LogP contribution in [-0.2, 0) is 0 Å². The number of para-hydroxylation sites is 1. The highest BCUT2D eigenvalue weighted by Gasteiger charge is 2.19. The lowest BCUT2D eigenvalue weighted by molar-refractivity contribution is 0.988. The lowest BCUT2D eigenvalue weighted by Crippen LogP contribution is -2.06. The smallest absolute Gasteiger partial charge is 0.105 e. The first-order valence-electron chi connectivity index (χ1n) is 8.38. The van der Waals surface area contributed by atoms with Gasteiger partial charge in [0.2, 0.25) is 0 Å². The summed E-state index contributed by atoms with van der Waals surface area (Å²) >= 11 is 3.49. The van der Waals surface area contributed by atoms with E-state index in [1.165, 1.54) is 21.6 Å². The monoisotopic (exact) mass is 366 g/mol. The number of hydrogen-bond acceptors (Lipinski definition) is 4. The molecule has 0 saturated carbocycles. The molecule has 3 rings (SSSR count). The second kappa shape index (κ2) is 8.54. The molecule has 0 amide bonds. The van der Waals surface area contributed by atoms with Crippen LogP contribution in [0, 0.1) is 6.92 Å². The van der Waals surface area contributed by atoms with Gasteiger partial charge in [-0.2, -0.15) is 0 Å². The zero-order valence-electron chi connectivity index (χ0n) is 14.8. The van der Waals surface area contributed by atoms with Gasteiger partial charge in [-0.3, -0.25) is 0 Å². The van der Waals surface area contributed by atoms with Crippen molar-refractivity contribution >= 4 is 34.3 Å². The second-order valence-corrected chi connectivity index (χ2v) is 8.18. The van der Waals surface area contributed by atoms with Crippen LogP contribution in [0.25, 0.3) is 0 Å². The first-order valence-corrected chi connectivity index (χ1v) is 10.1. The molecule has 1 saturated heterocycles. The van der Waals surface area contributed by atoms with E-state index in [0.717, 1.165) is 28.6 Å². The molecule has 2 heterocycles. The van der Waals surface area contributed by atoms with Crippen LogP contribution in [0.4, 0.5) is 5.69 Å². The Kier molecular flexibility index (Phi) is 6.16. The van der Waals surface area contributed by atoms with Crippen LogP contribution < -0.4 is 0 Å². The molecule has 1 fully saturated rings. The van der Waals surface area contributed by atoms with Crippen molar-refractivity contribution in [3.05, 3.63) is 75.7 Å². The normalized spacial score (nSPS) is 18.0. The quantitative estimate of drug-likeness (QED) is 0.551. The Morgan fingerprint density at radius 3 is 2.68 bits per heavy atom. The van der Waals surface area contributed by atoms with E-state index in [4.69, 9.17) is 4.99 Å². The van der Waals surface area contributed by atoms with Crippen molar-refractivity contribution < 1.29 is 0 Å². The largest absolute Gasteiger partial charge is 0.250 e. The van der Waals surface area contributed by atoms with Gasteiger partial charge in [0.05, 0.1) is 5.69 Å². The highest BCUT2D eigenvalue weighted by Crippen LogP contribution is 2.39. The summed E-state index contributed by atoms with van der Waals surface area (Å²) < 4.78 is 0. The highest BCUT2D eigenvalue weighted by atomic mass is 32.2. The van der Waals surface area contributed by atoms with Crippen LogP contribution in [0.5, 0.6) is 0 Å². The molecule has 1 aromatic heterocycles. The van der Waals surface area contributed by atoms with Gasteiger partial charge in [-0.1, -0.05) is 47.3 Å². The lowest BCUT2D eigenvalue weighted by Gasteiger charge is -2.20. The van der Waals surface area contributed by atoms with Gasteiger partial charge in [-0.05, 0) is 79.3 Å². The average Bonchev–Trinajstić information content (AvgIpc) is 2.61. The summed E-state index contributed by atoms with van der Waals surface area (Å²) in [4.78, 5) is 10.8. The molecule has 1 aliphatic rings. The van der Waals surface area contributed by atoms with Crippen molar-refractivity contribution in [2.24, 2.45) is 4.99 Å². The minimum absolute atomic E-state index is 1.00. The van der Waals surface area contributed by atoms with E-state index in [1.54, 1.807) is 11.8 Å². The van der Waals surface area contributed by atoms with Crippen molar-refractivity contribution in [1.29, 1.82) is 0 Å². The van der Waals surface area contributed by atoms with Gasteiger partial charge in [0.15, 0.2) is 0 Å². The fourth-order valence-electron chi connectivity index (χ4n) is 2.47. The summed E-state index contributed by atoms with van der Waals surface area (Å²) in [6, 6.07) is 14.3. The standard InChI is InChI=1S/C21H22N2S2/c1-15(2)19-10-9-17(14-24-20-13-16(3)11-12-22-20)21(25-19)23-18-7-5-4-6-8-18/h4-8,11-14H,9-10H2,1-3H3/b17-14+,23-21-. The Balaban J connectivity index is 1.89. The Morgan fingerprint density at radius 2 is 1.96 bits per heavy atom. The number of nitrogens with zero attached hydrogens (tertiary/aromatic N) is 2. The van der Waals surface area contributed by atoms with Gasteiger partial charge < -0.3 is 0 Å². The minimum atomic E-state index is 1.00. The predicted octanol–water partition coefficient (Wildman–Crippen LogP) is 6.92. The van der Waals surface area contributed by atoms with Crippen LogP contribution in [0.2, 0.25) is 0 Å². The van der Waals surface area contributed by atoms with Crippen LogP contribution in [0.15, 0.2) is 80.1 Å². The topological polar surface area (TPSA) is 25.2 Å². The Morgan fingerprint density at radius 1 is 1.16 bits per heavy atom. The third-order valence-corrected chi connectivity index (χ3v) is 6.15. The summed E-state index contributed by atoms with van der Waals surface area (Å²) in [6.07, 6.45) is 3.98. The molecule has 0 atom stereocenters. The van der Waals surface area contributed by atoms with E-state index in [0.29, 0.717) is 0 Å². The summed E-state index contributed by atoms with van der Waals surface area (Å²) in [5.74, 6) is 0. The highest BCUT2D eigenvalue weighted by molar-refractivity contribution is 8.17. The predicted molar refractivity (Wildman–Crippen MR) is 112 cm³/mol. The van der Waals surface area contributed by atoms with Crippen molar-refractivity contribution in [2.75, 3.05) is 0 Å². The molecule has 4 heteroatoms. The first-order chi connectivity index (χ1) is 12.1. The summed E-state index contributed by atoms with van der Waals surface area (Å²) in [6.45, 7) is 6.46. The molecule has 0 aliphatic carbocycles. The molecule has 0 unspecified atom stereocenters. The van der Waals surface area contributed by atoms with Crippen molar-refractivity contribution in [1.82, 2.24) is 4.98 Å². The second-order valence-electron chi connectivity index (χ2n) is 6.21. The number of thioether (sulfide) groups is 2. The number of rotatable bonds is 3. The maximum Gasteiger partial charge on any atom is 0.105 e. The van der Waals surface area contributed by atoms with E-state index in [2.05, 4.69) is 49.4 Å². The number of benzene rings is 1. The van der Waals surface area contributed by atoms with Crippen molar-refractivity contribution in [2.45, 2.75) is 38.6 Å². The summed E-state index contributed by atoms with van der Waals surface area (Å²) in [7, 11) is 0. The minimum Gasteiger partial charge on any atom is -0.250 e. The molecule has 0 bridgehead atoms. The van der Waals surface area contributed by atoms with Crippen LogP contribution >= 0.6 is 23.5 Å². The van der Waals surface area contributed by atoms with Crippen molar-refractivity contribution in [3.63, 3.8) is 0 Å². The zero-order valence-corrected chi connectivity index (χ0v) is 16.5. The van der Waals surface area contributed by atoms with E-state index >= 15 is 0 Å². The number of aliphatic imine (C=N–C) groups is 1. The molecule has 1 aliphatic heterocycles. The SMILES string of the molecule is CC(C)=C1CCC(=C\Sc2cc(C)ccn2)/C(=N/c2ccccc2)S1. The summed E-state index contributed by atoms with van der Waals surface area (Å²) in [5, 5.41) is 4.36. The Hall–Kier alpha value is -1.78. The average molecular weight is 367 g/mol. The maximum atomic E-state index is 4.91. The Bertz CT molecular complexity index is 832. The van der Waals surface area contributed by atoms with Gasteiger partial charge in [-0.15, -0.1) is 0 Å². The molecular formula is C21H22N2S2. The van der Waals surface area contributed by atoms with Gasteiger partial charge in [0.25, 0.3) is 0 Å². The van der Waals surface area contributed by atoms with Crippen LogP contribution in [0.3, 0.4) is 0 Å². The third kappa shape index (κ3) is 5.10. The van der Waals surface area contributed by atoms with E-state index in [1.807, 2.05) is 42.2 Å². The summed E-state index contributed by atoms with van der Waals surface area (Å²) in [5.41, 5.74) is 4.92. The van der Waals surface area contributed by atoms with E-state index < -0.39 is 0 Å². The number of hydrogen-bond donors (Lipinski definition) is 0.